The van der Waals surface area contributed by atoms with E-state index in [9.17, 15) is 0 Å². The highest BCUT2D eigenvalue weighted by Gasteiger charge is 2.26. The molecule has 122 valence electrons. The highest BCUT2D eigenvalue weighted by molar-refractivity contribution is 4.81. The van der Waals surface area contributed by atoms with E-state index in [1.165, 1.54) is 25.8 Å². The van der Waals surface area contributed by atoms with Gasteiger partial charge >= 0.3 is 0 Å². The molecule has 1 atom stereocenters. The lowest BCUT2D eigenvalue weighted by Gasteiger charge is -2.36. The largest absolute Gasteiger partial charge is 0.383 e. The van der Waals surface area contributed by atoms with Crippen molar-refractivity contribution < 1.29 is 4.74 Å². The molecule has 0 aliphatic rings. The third-order valence-corrected chi connectivity index (χ3v) is 3.67. The lowest BCUT2D eigenvalue weighted by Crippen LogP contribution is -2.44. The van der Waals surface area contributed by atoms with Crippen molar-refractivity contribution in [3.05, 3.63) is 0 Å². The standard InChI is InChI=1S/C17H38N2O/c1-7-9-17(5,14-18-10-8-2)15-19(11-12-20-6)13-16(3)4/h16,18H,7-15H2,1-6H3. The predicted molar refractivity (Wildman–Crippen MR) is 89.3 cm³/mol. The first-order valence-electron chi connectivity index (χ1n) is 8.39. The van der Waals surface area contributed by atoms with Crippen LogP contribution in [0.5, 0.6) is 0 Å². The van der Waals surface area contributed by atoms with Gasteiger partial charge in [-0.1, -0.05) is 41.0 Å². The lowest BCUT2D eigenvalue weighted by molar-refractivity contribution is 0.0977. The number of ether oxygens (including phenoxy) is 1. The fourth-order valence-electron chi connectivity index (χ4n) is 2.91. The van der Waals surface area contributed by atoms with Gasteiger partial charge in [0.1, 0.15) is 0 Å². The smallest absolute Gasteiger partial charge is 0.0589 e. The Hall–Kier alpha value is -0.120. The molecule has 0 saturated heterocycles. The Morgan fingerprint density at radius 1 is 1.20 bits per heavy atom. The zero-order valence-electron chi connectivity index (χ0n) is 14.8. The van der Waals surface area contributed by atoms with E-state index in [0.717, 1.165) is 32.8 Å². The van der Waals surface area contributed by atoms with Gasteiger partial charge in [0.2, 0.25) is 0 Å². The number of hydrogen-bond donors (Lipinski definition) is 1. The minimum Gasteiger partial charge on any atom is -0.383 e. The van der Waals surface area contributed by atoms with Crippen LogP contribution in [0.2, 0.25) is 0 Å². The summed E-state index contributed by atoms with van der Waals surface area (Å²) in [5.74, 6) is 0.710. The first-order chi connectivity index (χ1) is 9.47. The van der Waals surface area contributed by atoms with Gasteiger partial charge in [-0.2, -0.15) is 0 Å². The van der Waals surface area contributed by atoms with Crippen LogP contribution in [0, 0.1) is 11.3 Å². The van der Waals surface area contributed by atoms with Gasteiger partial charge in [0, 0.05) is 33.3 Å². The molecule has 0 bridgehead atoms. The monoisotopic (exact) mass is 286 g/mol. The quantitative estimate of drug-likeness (QED) is 0.525. The van der Waals surface area contributed by atoms with Crippen LogP contribution in [0.4, 0.5) is 0 Å². The van der Waals surface area contributed by atoms with Gasteiger partial charge in [0.05, 0.1) is 6.61 Å². The van der Waals surface area contributed by atoms with Crippen LogP contribution in [0.25, 0.3) is 0 Å². The normalized spacial score (nSPS) is 15.0. The second kappa shape index (κ2) is 11.5. The van der Waals surface area contributed by atoms with E-state index in [-0.39, 0.29) is 0 Å². The maximum Gasteiger partial charge on any atom is 0.0589 e. The number of hydrogen-bond acceptors (Lipinski definition) is 3. The van der Waals surface area contributed by atoms with Gasteiger partial charge in [-0.05, 0) is 30.7 Å². The van der Waals surface area contributed by atoms with E-state index >= 15 is 0 Å². The van der Waals surface area contributed by atoms with Gasteiger partial charge < -0.3 is 15.0 Å². The molecule has 0 amide bonds. The molecule has 0 aliphatic carbocycles. The fraction of sp³-hybridized carbons (Fsp3) is 1.00. The molecular weight excluding hydrogens is 248 g/mol. The van der Waals surface area contributed by atoms with Crippen molar-refractivity contribution in [3.8, 4) is 0 Å². The predicted octanol–water partition coefficient (Wildman–Crippen LogP) is 3.40. The summed E-state index contributed by atoms with van der Waals surface area (Å²) in [4.78, 5) is 2.58. The molecule has 0 fully saturated rings. The minimum atomic E-state index is 0.368. The van der Waals surface area contributed by atoms with Crippen LogP contribution in [0.3, 0.4) is 0 Å². The van der Waals surface area contributed by atoms with Crippen molar-refractivity contribution in [3.63, 3.8) is 0 Å². The van der Waals surface area contributed by atoms with Crippen LogP contribution in [0.15, 0.2) is 0 Å². The molecule has 0 aromatic heterocycles. The highest BCUT2D eigenvalue weighted by Crippen LogP contribution is 2.24. The molecule has 0 aromatic rings. The van der Waals surface area contributed by atoms with Crippen LogP contribution in [-0.2, 0) is 4.74 Å². The summed E-state index contributed by atoms with van der Waals surface area (Å²) >= 11 is 0. The second-order valence-electron chi connectivity index (χ2n) is 6.86. The third-order valence-electron chi connectivity index (χ3n) is 3.67. The first kappa shape index (κ1) is 19.9. The summed E-state index contributed by atoms with van der Waals surface area (Å²) in [6, 6.07) is 0. The Morgan fingerprint density at radius 3 is 2.40 bits per heavy atom. The van der Waals surface area contributed by atoms with E-state index in [4.69, 9.17) is 4.74 Å². The number of nitrogens with zero attached hydrogens (tertiary/aromatic N) is 1. The molecule has 0 radical (unpaired) electrons. The molecule has 0 aliphatic heterocycles. The molecule has 0 aromatic carbocycles. The fourth-order valence-corrected chi connectivity index (χ4v) is 2.91. The zero-order valence-corrected chi connectivity index (χ0v) is 14.8. The Labute approximate surface area is 127 Å². The minimum absolute atomic E-state index is 0.368. The molecule has 1 N–H and O–H groups in total. The maximum absolute atomic E-state index is 5.27. The van der Waals surface area contributed by atoms with E-state index in [1.807, 2.05) is 0 Å². The van der Waals surface area contributed by atoms with E-state index in [2.05, 4.69) is 44.8 Å². The van der Waals surface area contributed by atoms with Crippen molar-refractivity contribution in [1.82, 2.24) is 10.2 Å². The summed E-state index contributed by atoms with van der Waals surface area (Å²) in [7, 11) is 1.79. The van der Waals surface area contributed by atoms with Gasteiger partial charge in [-0.3, -0.25) is 0 Å². The van der Waals surface area contributed by atoms with E-state index < -0.39 is 0 Å². The van der Waals surface area contributed by atoms with Gasteiger partial charge in [0.25, 0.3) is 0 Å². The first-order valence-corrected chi connectivity index (χ1v) is 8.39. The SMILES string of the molecule is CCCNCC(C)(CCC)CN(CCOC)CC(C)C. The van der Waals surface area contributed by atoms with Crippen molar-refractivity contribution in [2.24, 2.45) is 11.3 Å². The van der Waals surface area contributed by atoms with Crippen LogP contribution in [0.1, 0.15) is 53.9 Å². The van der Waals surface area contributed by atoms with Gasteiger partial charge in [-0.15, -0.1) is 0 Å². The van der Waals surface area contributed by atoms with Crippen molar-refractivity contribution in [2.45, 2.75) is 53.9 Å². The molecule has 3 heteroatoms. The highest BCUT2D eigenvalue weighted by atomic mass is 16.5. The Kier molecular flexibility index (Phi) is 11.5. The summed E-state index contributed by atoms with van der Waals surface area (Å²) in [6.45, 7) is 18.0. The Balaban J connectivity index is 4.51. The van der Waals surface area contributed by atoms with Crippen molar-refractivity contribution in [2.75, 3.05) is 46.4 Å². The molecule has 0 saturated carbocycles. The maximum atomic E-state index is 5.27. The third kappa shape index (κ3) is 9.73. The van der Waals surface area contributed by atoms with Crippen LogP contribution < -0.4 is 5.32 Å². The lowest BCUT2D eigenvalue weighted by atomic mass is 9.84. The summed E-state index contributed by atoms with van der Waals surface area (Å²) in [6.07, 6.45) is 3.75. The molecule has 1 unspecified atom stereocenters. The van der Waals surface area contributed by atoms with Crippen molar-refractivity contribution >= 4 is 0 Å². The van der Waals surface area contributed by atoms with E-state index in [1.54, 1.807) is 7.11 Å². The zero-order chi connectivity index (χ0) is 15.4. The summed E-state index contributed by atoms with van der Waals surface area (Å²) in [5.41, 5.74) is 0.368. The molecule has 3 nitrogen and oxygen atoms in total. The average Bonchev–Trinajstić information content (AvgIpc) is 2.36. The Morgan fingerprint density at radius 2 is 1.90 bits per heavy atom. The molecule has 20 heavy (non-hydrogen) atoms. The second-order valence-corrected chi connectivity index (χ2v) is 6.86. The Bertz CT molecular complexity index is 221. The van der Waals surface area contributed by atoms with Gasteiger partial charge in [-0.25, -0.2) is 0 Å². The number of methoxy groups -OCH3 is 1. The van der Waals surface area contributed by atoms with Crippen molar-refractivity contribution in [1.29, 1.82) is 0 Å². The van der Waals surface area contributed by atoms with Crippen LogP contribution >= 0.6 is 0 Å². The van der Waals surface area contributed by atoms with Crippen LogP contribution in [-0.4, -0.2) is 51.3 Å². The van der Waals surface area contributed by atoms with E-state index in [0.29, 0.717) is 11.3 Å². The summed E-state index contributed by atoms with van der Waals surface area (Å²) in [5, 5.41) is 3.62. The number of nitrogens with one attached hydrogen (secondary N) is 1. The average molecular weight is 287 g/mol. The summed E-state index contributed by atoms with van der Waals surface area (Å²) < 4.78 is 5.27. The molecule has 0 rings (SSSR count). The topological polar surface area (TPSA) is 24.5 Å². The molecular formula is C17H38N2O. The number of rotatable bonds is 13. The van der Waals surface area contributed by atoms with Gasteiger partial charge in [0.15, 0.2) is 0 Å². The molecule has 0 spiro atoms. The molecule has 0 heterocycles.